The number of non-ortho nitro benzene ring substituents is 1. The van der Waals surface area contributed by atoms with Gasteiger partial charge in [0, 0.05) is 57.9 Å². The molecule has 1 aromatic carbocycles. The Bertz CT molecular complexity index is 784. The van der Waals surface area contributed by atoms with E-state index in [0.29, 0.717) is 45.9 Å². The van der Waals surface area contributed by atoms with Crippen molar-refractivity contribution in [1.82, 2.24) is 20.0 Å². The molecule has 10 heteroatoms. The van der Waals surface area contributed by atoms with Crippen LogP contribution >= 0.6 is 0 Å². The molecular weight excluding hydrogens is 400 g/mol. The van der Waals surface area contributed by atoms with Crippen LogP contribution in [0.1, 0.15) is 5.56 Å². The quantitative estimate of drug-likeness (QED) is 0.223. The fourth-order valence-corrected chi connectivity index (χ4v) is 3.54. The number of carbonyl (C=O) groups excluding carboxylic acids is 1. The summed E-state index contributed by atoms with van der Waals surface area (Å²) in [7, 11) is 0. The lowest BCUT2D eigenvalue weighted by Gasteiger charge is -2.37. The monoisotopic (exact) mass is 430 g/mol. The number of hydrogen-bond donors (Lipinski definition) is 1. The lowest BCUT2D eigenvalue weighted by Crippen LogP contribution is -2.54. The molecule has 0 spiro atoms. The molecule has 2 heterocycles. The summed E-state index contributed by atoms with van der Waals surface area (Å²) in [5.41, 5.74) is 0.971. The van der Waals surface area contributed by atoms with Gasteiger partial charge in [-0.1, -0.05) is 18.2 Å². The summed E-state index contributed by atoms with van der Waals surface area (Å²) in [4.78, 5) is 33.8. The molecule has 2 fully saturated rings. The number of carbonyl (C=O) groups is 1. The van der Waals surface area contributed by atoms with E-state index in [1.807, 2.05) is 4.90 Å². The Hall–Kier alpha value is -2.98. The van der Waals surface area contributed by atoms with Crippen LogP contribution in [0.4, 0.5) is 5.69 Å². The van der Waals surface area contributed by atoms with Gasteiger partial charge in [-0.15, -0.1) is 6.58 Å². The molecule has 0 aromatic heterocycles. The highest BCUT2D eigenvalue weighted by Gasteiger charge is 2.24. The number of benzene rings is 1. The molecule has 2 aliphatic heterocycles. The first-order valence-electron chi connectivity index (χ1n) is 10.5. The van der Waals surface area contributed by atoms with E-state index in [4.69, 9.17) is 9.73 Å². The lowest BCUT2D eigenvalue weighted by molar-refractivity contribution is -0.384. The molecule has 2 aliphatic rings. The zero-order valence-corrected chi connectivity index (χ0v) is 17.7. The summed E-state index contributed by atoms with van der Waals surface area (Å²) in [6, 6.07) is 6.43. The Morgan fingerprint density at radius 3 is 2.42 bits per heavy atom. The first-order chi connectivity index (χ1) is 15.1. The van der Waals surface area contributed by atoms with Crippen molar-refractivity contribution in [1.29, 1.82) is 0 Å². The van der Waals surface area contributed by atoms with Gasteiger partial charge in [0.2, 0.25) is 5.91 Å². The number of morpholine rings is 1. The number of hydrogen-bond acceptors (Lipinski definition) is 6. The van der Waals surface area contributed by atoms with Crippen molar-refractivity contribution in [3.05, 3.63) is 52.6 Å². The van der Waals surface area contributed by atoms with Gasteiger partial charge in [0.25, 0.3) is 5.69 Å². The summed E-state index contributed by atoms with van der Waals surface area (Å²) in [5.74, 6) is 0.936. The fourth-order valence-electron chi connectivity index (χ4n) is 3.54. The van der Waals surface area contributed by atoms with Gasteiger partial charge in [-0.05, 0) is 5.56 Å². The van der Waals surface area contributed by atoms with Crippen LogP contribution in [0.15, 0.2) is 41.9 Å². The molecule has 168 valence electrons. The van der Waals surface area contributed by atoms with Gasteiger partial charge < -0.3 is 19.9 Å². The Morgan fingerprint density at radius 2 is 1.81 bits per heavy atom. The van der Waals surface area contributed by atoms with Crippen molar-refractivity contribution in [2.24, 2.45) is 4.99 Å². The maximum Gasteiger partial charge on any atom is 0.269 e. The van der Waals surface area contributed by atoms with Gasteiger partial charge in [0.05, 0.1) is 31.2 Å². The van der Waals surface area contributed by atoms with Crippen molar-refractivity contribution in [2.45, 2.75) is 6.54 Å². The third-order valence-electron chi connectivity index (χ3n) is 5.36. The van der Waals surface area contributed by atoms with Gasteiger partial charge in [0.1, 0.15) is 0 Å². The number of nitrogens with one attached hydrogen (secondary N) is 1. The second-order valence-electron chi connectivity index (χ2n) is 7.49. The molecular formula is C21H30N6O4. The van der Waals surface area contributed by atoms with E-state index < -0.39 is 4.92 Å². The van der Waals surface area contributed by atoms with Gasteiger partial charge in [-0.2, -0.15) is 0 Å². The second kappa shape index (κ2) is 11.4. The lowest BCUT2D eigenvalue weighted by atomic mass is 10.2. The smallest absolute Gasteiger partial charge is 0.269 e. The number of aliphatic imine (C=N–C) groups is 1. The minimum atomic E-state index is -0.409. The summed E-state index contributed by atoms with van der Waals surface area (Å²) in [6.45, 7) is 10.9. The summed E-state index contributed by atoms with van der Waals surface area (Å²) in [6.07, 6.45) is 1.78. The Morgan fingerprint density at radius 1 is 1.13 bits per heavy atom. The second-order valence-corrected chi connectivity index (χ2v) is 7.49. The van der Waals surface area contributed by atoms with Crippen molar-refractivity contribution in [3.63, 3.8) is 0 Å². The van der Waals surface area contributed by atoms with Gasteiger partial charge >= 0.3 is 0 Å². The third kappa shape index (κ3) is 6.76. The van der Waals surface area contributed by atoms with Crippen LogP contribution < -0.4 is 5.32 Å². The molecule has 0 saturated carbocycles. The largest absolute Gasteiger partial charge is 0.378 e. The number of guanidine groups is 1. The topological polar surface area (TPSA) is 104 Å². The molecule has 1 amide bonds. The Labute approximate surface area is 182 Å². The number of nitro benzene ring substituents is 1. The standard InChI is InChI=1S/C21H30N6O4/c1-2-7-22-21(23-16-18-3-5-19(6-4-18)27(29)30)26-10-8-24(9-11-26)17-20(28)25-12-14-31-15-13-25/h2-6H,1,7-17H2,(H,22,23). The van der Waals surface area contributed by atoms with Crippen molar-refractivity contribution >= 4 is 17.6 Å². The molecule has 10 nitrogen and oxygen atoms in total. The highest BCUT2D eigenvalue weighted by Crippen LogP contribution is 2.13. The number of nitrogens with zero attached hydrogens (tertiary/aromatic N) is 5. The van der Waals surface area contributed by atoms with E-state index in [1.165, 1.54) is 12.1 Å². The van der Waals surface area contributed by atoms with Crippen LogP contribution in [-0.2, 0) is 16.1 Å². The van der Waals surface area contributed by atoms with Crippen LogP contribution in [0.5, 0.6) is 0 Å². The predicted octanol–water partition coefficient (Wildman–Crippen LogP) is 0.703. The maximum absolute atomic E-state index is 12.5. The number of nitro groups is 1. The fraction of sp³-hybridized carbons (Fsp3) is 0.524. The van der Waals surface area contributed by atoms with Gasteiger partial charge in [0.15, 0.2) is 5.96 Å². The van der Waals surface area contributed by atoms with E-state index in [1.54, 1.807) is 18.2 Å². The van der Waals surface area contributed by atoms with E-state index in [2.05, 4.69) is 21.7 Å². The molecule has 1 N–H and O–H groups in total. The Balaban J connectivity index is 1.53. The third-order valence-corrected chi connectivity index (χ3v) is 5.36. The Kier molecular flexibility index (Phi) is 8.36. The highest BCUT2D eigenvalue weighted by atomic mass is 16.6. The normalized spacial score (nSPS) is 18.0. The van der Waals surface area contributed by atoms with E-state index in [0.717, 1.165) is 37.7 Å². The molecule has 3 rings (SSSR count). The van der Waals surface area contributed by atoms with Crippen LogP contribution in [0.25, 0.3) is 0 Å². The van der Waals surface area contributed by atoms with Crippen molar-refractivity contribution < 1.29 is 14.5 Å². The summed E-state index contributed by atoms with van der Waals surface area (Å²) >= 11 is 0. The van der Waals surface area contributed by atoms with Gasteiger partial charge in [-0.3, -0.25) is 19.8 Å². The molecule has 31 heavy (non-hydrogen) atoms. The molecule has 0 aliphatic carbocycles. The average molecular weight is 431 g/mol. The predicted molar refractivity (Wildman–Crippen MR) is 118 cm³/mol. The number of piperazine rings is 1. The van der Waals surface area contributed by atoms with Crippen LogP contribution in [0.3, 0.4) is 0 Å². The molecule has 0 bridgehead atoms. The molecule has 0 atom stereocenters. The molecule has 0 radical (unpaired) electrons. The van der Waals surface area contributed by atoms with E-state index in [9.17, 15) is 14.9 Å². The highest BCUT2D eigenvalue weighted by molar-refractivity contribution is 5.80. The summed E-state index contributed by atoms with van der Waals surface area (Å²) in [5, 5.41) is 14.1. The van der Waals surface area contributed by atoms with Gasteiger partial charge in [-0.25, -0.2) is 4.99 Å². The average Bonchev–Trinajstić information content (AvgIpc) is 2.80. The number of amides is 1. The number of rotatable bonds is 7. The zero-order chi connectivity index (χ0) is 22.1. The molecule has 1 aromatic rings. The first kappa shape index (κ1) is 22.7. The van der Waals surface area contributed by atoms with E-state index in [-0.39, 0.29) is 11.6 Å². The summed E-state index contributed by atoms with van der Waals surface area (Å²) < 4.78 is 5.31. The SMILES string of the molecule is C=CCNC(=NCc1ccc([N+](=O)[O-])cc1)N1CCN(CC(=O)N2CCOCC2)CC1. The molecule has 2 saturated heterocycles. The maximum atomic E-state index is 12.5. The molecule has 0 unspecified atom stereocenters. The van der Waals surface area contributed by atoms with Crippen molar-refractivity contribution in [3.8, 4) is 0 Å². The first-order valence-corrected chi connectivity index (χ1v) is 10.5. The van der Waals surface area contributed by atoms with Crippen LogP contribution in [0.2, 0.25) is 0 Å². The van der Waals surface area contributed by atoms with Crippen molar-refractivity contribution in [2.75, 3.05) is 65.6 Å². The minimum Gasteiger partial charge on any atom is -0.378 e. The zero-order valence-electron chi connectivity index (χ0n) is 17.7. The van der Waals surface area contributed by atoms with Crippen LogP contribution in [0, 0.1) is 10.1 Å². The number of ether oxygens (including phenoxy) is 1. The van der Waals surface area contributed by atoms with E-state index >= 15 is 0 Å². The minimum absolute atomic E-state index is 0.0699. The van der Waals surface area contributed by atoms with Crippen LogP contribution in [-0.4, -0.2) is 97.1 Å².